The number of alkyl carbamates (subject to hydrolysis) is 1. The molecule has 0 fully saturated rings. The van der Waals surface area contributed by atoms with Gasteiger partial charge in [-0.25, -0.2) is 9.59 Å². The Morgan fingerprint density at radius 2 is 1.41 bits per heavy atom. The second kappa shape index (κ2) is 10.6. The minimum absolute atomic E-state index is 0.0389. The number of fused-ring (bicyclic) bond motifs is 3. The van der Waals surface area contributed by atoms with Crippen LogP contribution in [-0.4, -0.2) is 29.8 Å². The highest BCUT2D eigenvalue weighted by molar-refractivity contribution is 5.81. The number of carboxylic acid groups (broad SMARTS) is 1. The molecule has 0 spiro atoms. The first-order valence-corrected chi connectivity index (χ1v) is 12.3. The number of aliphatic carboxylic acids is 1. The molecule has 1 aliphatic rings. The van der Waals surface area contributed by atoms with Crippen LogP contribution in [0.1, 0.15) is 28.2 Å². The summed E-state index contributed by atoms with van der Waals surface area (Å²) < 4.78 is 44.9. The normalized spacial score (nSPS) is 13.3. The van der Waals surface area contributed by atoms with E-state index < -0.39 is 29.8 Å². The first-order chi connectivity index (χ1) is 18.7. The topological polar surface area (TPSA) is 75.6 Å². The van der Waals surface area contributed by atoms with E-state index in [1.54, 1.807) is 30.3 Å². The lowest BCUT2D eigenvalue weighted by Crippen LogP contribution is -2.42. The molecule has 0 aromatic heterocycles. The quantitative estimate of drug-likeness (QED) is 0.272. The van der Waals surface area contributed by atoms with Crippen molar-refractivity contribution in [1.29, 1.82) is 0 Å². The van der Waals surface area contributed by atoms with Gasteiger partial charge in [0.05, 0.1) is 5.56 Å². The number of hydrogen-bond acceptors (Lipinski definition) is 3. The van der Waals surface area contributed by atoms with Crippen molar-refractivity contribution >= 4 is 12.1 Å². The summed E-state index contributed by atoms with van der Waals surface area (Å²) in [5.74, 6) is -1.43. The van der Waals surface area contributed by atoms with Gasteiger partial charge in [0, 0.05) is 12.3 Å². The number of carbonyl (C=O) groups is 2. The summed E-state index contributed by atoms with van der Waals surface area (Å²) in [5.41, 5.74) is 4.84. The number of halogens is 3. The minimum Gasteiger partial charge on any atom is -0.480 e. The van der Waals surface area contributed by atoms with Crippen molar-refractivity contribution in [2.75, 3.05) is 6.61 Å². The van der Waals surface area contributed by atoms with Crippen LogP contribution in [0.2, 0.25) is 0 Å². The number of benzene rings is 4. The number of carbonyl (C=O) groups excluding carboxylic acids is 1. The molecule has 0 aliphatic heterocycles. The zero-order valence-corrected chi connectivity index (χ0v) is 20.6. The molecule has 1 aliphatic carbocycles. The molecule has 2 N–H and O–H groups in total. The Balaban J connectivity index is 1.27. The number of hydrogen-bond donors (Lipinski definition) is 2. The van der Waals surface area contributed by atoms with Crippen molar-refractivity contribution in [2.45, 2.75) is 24.6 Å². The third kappa shape index (κ3) is 5.65. The molecule has 198 valence electrons. The number of amides is 1. The SMILES string of the molecule is O=C(NC(Cc1cccc(-c2cccc(C(F)(F)F)c2)c1)C(=O)O)OCC1c2ccccc2-c2ccccc21. The lowest BCUT2D eigenvalue weighted by atomic mass is 9.98. The fraction of sp³-hybridized carbons (Fsp3) is 0.161. The van der Waals surface area contributed by atoms with E-state index >= 15 is 0 Å². The second-order valence-electron chi connectivity index (χ2n) is 9.34. The lowest BCUT2D eigenvalue weighted by molar-refractivity contribution is -0.139. The van der Waals surface area contributed by atoms with Gasteiger partial charge in [0.2, 0.25) is 0 Å². The fourth-order valence-electron chi connectivity index (χ4n) is 4.97. The van der Waals surface area contributed by atoms with Crippen molar-refractivity contribution < 1.29 is 32.6 Å². The van der Waals surface area contributed by atoms with Gasteiger partial charge < -0.3 is 15.2 Å². The summed E-state index contributed by atoms with van der Waals surface area (Å²) in [5, 5.41) is 12.2. The summed E-state index contributed by atoms with van der Waals surface area (Å²) in [6.45, 7) is 0.0389. The maximum absolute atomic E-state index is 13.1. The van der Waals surface area contributed by atoms with Crippen LogP contribution in [0.4, 0.5) is 18.0 Å². The Morgan fingerprint density at radius 1 is 0.821 bits per heavy atom. The van der Waals surface area contributed by atoms with E-state index in [0.717, 1.165) is 34.4 Å². The molecular formula is C31H24F3NO4. The van der Waals surface area contributed by atoms with Gasteiger partial charge in [-0.15, -0.1) is 0 Å². The van der Waals surface area contributed by atoms with Gasteiger partial charge in [0.15, 0.2) is 0 Å². The average Bonchev–Trinajstić information content (AvgIpc) is 3.25. The van der Waals surface area contributed by atoms with Gasteiger partial charge in [0.1, 0.15) is 12.6 Å². The van der Waals surface area contributed by atoms with Crippen LogP contribution in [0.5, 0.6) is 0 Å². The highest BCUT2D eigenvalue weighted by atomic mass is 19.4. The van der Waals surface area contributed by atoms with Gasteiger partial charge >= 0.3 is 18.2 Å². The Morgan fingerprint density at radius 3 is 2.03 bits per heavy atom. The Labute approximate surface area is 222 Å². The first-order valence-electron chi connectivity index (χ1n) is 12.3. The summed E-state index contributed by atoms with van der Waals surface area (Å²) in [7, 11) is 0. The Hall–Kier alpha value is -4.59. The first kappa shape index (κ1) is 26.0. The molecule has 1 atom stereocenters. The molecule has 0 bridgehead atoms. The zero-order valence-electron chi connectivity index (χ0n) is 20.6. The van der Waals surface area contributed by atoms with Gasteiger partial charge in [0.25, 0.3) is 0 Å². The van der Waals surface area contributed by atoms with Gasteiger partial charge in [-0.2, -0.15) is 13.2 Å². The average molecular weight is 532 g/mol. The van der Waals surface area contributed by atoms with Crippen molar-refractivity contribution in [1.82, 2.24) is 5.32 Å². The minimum atomic E-state index is -4.48. The number of ether oxygens (including phenoxy) is 1. The molecule has 1 amide bonds. The van der Waals surface area contributed by atoms with E-state index in [1.807, 2.05) is 48.5 Å². The highest BCUT2D eigenvalue weighted by Crippen LogP contribution is 2.44. The molecule has 8 heteroatoms. The number of carboxylic acids is 1. The maximum Gasteiger partial charge on any atom is 0.416 e. The predicted molar refractivity (Wildman–Crippen MR) is 140 cm³/mol. The van der Waals surface area contributed by atoms with Crippen molar-refractivity contribution in [3.05, 3.63) is 119 Å². The number of alkyl halides is 3. The van der Waals surface area contributed by atoms with Gasteiger partial charge in [-0.05, 0) is 51.1 Å². The molecule has 5 nitrogen and oxygen atoms in total. The molecule has 0 radical (unpaired) electrons. The number of rotatable bonds is 7. The number of nitrogens with one attached hydrogen (secondary N) is 1. The molecule has 0 heterocycles. The van der Waals surface area contributed by atoms with E-state index in [2.05, 4.69) is 5.32 Å². The summed E-state index contributed by atoms with van der Waals surface area (Å²) in [4.78, 5) is 24.6. The Kier molecular flexibility index (Phi) is 7.11. The van der Waals surface area contributed by atoms with Crippen molar-refractivity contribution in [2.24, 2.45) is 0 Å². The van der Waals surface area contributed by atoms with Crippen molar-refractivity contribution in [3.8, 4) is 22.3 Å². The fourth-order valence-corrected chi connectivity index (χ4v) is 4.97. The molecule has 39 heavy (non-hydrogen) atoms. The standard InChI is InChI=1S/C31H24F3NO4/c32-31(33,34)22-10-6-9-21(17-22)20-8-5-7-19(15-20)16-28(29(36)37)35-30(38)39-18-27-25-13-3-1-11-23(25)24-12-2-4-14-26(24)27/h1-15,17,27-28H,16,18H2,(H,35,38)(H,36,37). The molecule has 4 aromatic carbocycles. The zero-order chi connectivity index (χ0) is 27.6. The van der Waals surface area contributed by atoms with E-state index in [0.29, 0.717) is 16.7 Å². The summed E-state index contributed by atoms with van der Waals surface area (Å²) in [6.07, 6.45) is -5.42. The van der Waals surface area contributed by atoms with Crippen LogP contribution < -0.4 is 5.32 Å². The molecule has 4 aromatic rings. The van der Waals surface area contributed by atoms with Crippen LogP contribution >= 0.6 is 0 Å². The molecular weight excluding hydrogens is 507 g/mol. The van der Waals surface area contributed by atoms with Gasteiger partial charge in [-0.3, -0.25) is 0 Å². The molecule has 0 saturated heterocycles. The van der Waals surface area contributed by atoms with E-state index in [9.17, 15) is 27.9 Å². The van der Waals surface area contributed by atoms with Crippen LogP contribution in [0, 0.1) is 0 Å². The molecule has 5 rings (SSSR count). The van der Waals surface area contributed by atoms with Crippen LogP contribution in [-0.2, 0) is 22.1 Å². The molecule has 0 saturated carbocycles. The van der Waals surface area contributed by atoms with Crippen LogP contribution in [0.15, 0.2) is 97.1 Å². The van der Waals surface area contributed by atoms with Gasteiger partial charge in [-0.1, -0.05) is 84.9 Å². The second-order valence-corrected chi connectivity index (χ2v) is 9.34. The lowest BCUT2D eigenvalue weighted by Gasteiger charge is -2.18. The Bertz CT molecular complexity index is 1490. The van der Waals surface area contributed by atoms with Crippen LogP contribution in [0.3, 0.4) is 0 Å². The molecule has 1 unspecified atom stereocenters. The summed E-state index contributed by atoms with van der Waals surface area (Å²) in [6, 6.07) is 25.9. The third-order valence-electron chi connectivity index (χ3n) is 6.82. The smallest absolute Gasteiger partial charge is 0.416 e. The maximum atomic E-state index is 13.1. The van der Waals surface area contributed by atoms with E-state index in [-0.39, 0.29) is 18.9 Å². The predicted octanol–water partition coefficient (Wildman–Crippen LogP) is 6.91. The largest absolute Gasteiger partial charge is 0.480 e. The summed E-state index contributed by atoms with van der Waals surface area (Å²) >= 11 is 0. The highest BCUT2D eigenvalue weighted by Gasteiger charge is 2.31. The third-order valence-corrected chi connectivity index (χ3v) is 6.82. The van der Waals surface area contributed by atoms with E-state index in [1.165, 1.54) is 6.07 Å². The monoisotopic (exact) mass is 531 g/mol. The van der Waals surface area contributed by atoms with Crippen LogP contribution in [0.25, 0.3) is 22.3 Å². The van der Waals surface area contributed by atoms with Crippen molar-refractivity contribution in [3.63, 3.8) is 0 Å². The van der Waals surface area contributed by atoms with E-state index in [4.69, 9.17) is 4.74 Å².